The van der Waals surface area contributed by atoms with E-state index >= 15 is 0 Å². The molecule has 6 heteroatoms. The van der Waals surface area contributed by atoms with Crippen LogP contribution in [0.4, 0.5) is 0 Å². The van der Waals surface area contributed by atoms with E-state index in [1.165, 1.54) is 0 Å². The van der Waals surface area contributed by atoms with Crippen molar-refractivity contribution in [2.45, 2.75) is 40.0 Å². The van der Waals surface area contributed by atoms with E-state index in [9.17, 15) is 9.59 Å². The van der Waals surface area contributed by atoms with E-state index in [0.29, 0.717) is 37.4 Å². The number of aryl methyl sites for hydroxylation is 2. The molecule has 0 aliphatic rings. The lowest BCUT2D eigenvalue weighted by molar-refractivity contribution is -0.122. The van der Waals surface area contributed by atoms with Crippen LogP contribution in [0.5, 0.6) is 11.5 Å². The Morgan fingerprint density at radius 1 is 0.929 bits per heavy atom. The summed E-state index contributed by atoms with van der Waals surface area (Å²) in [6.45, 7) is 7.05. The molecule has 2 N–H and O–H groups in total. The zero-order chi connectivity index (χ0) is 20.4. The normalized spacial score (nSPS) is 10.2. The number of rotatable bonds is 9. The number of hydrogen-bond donors (Lipinski definition) is 2. The van der Waals surface area contributed by atoms with E-state index in [4.69, 9.17) is 9.47 Å². The van der Waals surface area contributed by atoms with Crippen molar-refractivity contribution in [3.63, 3.8) is 0 Å². The Kier molecular flexibility index (Phi) is 8.34. The minimum absolute atomic E-state index is 0.231. The second kappa shape index (κ2) is 11.0. The second-order valence-electron chi connectivity index (χ2n) is 6.53. The van der Waals surface area contributed by atoms with Crippen LogP contribution < -0.4 is 20.3 Å². The summed E-state index contributed by atoms with van der Waals surface area (Å²) in [5.41, 5.74) is 7.56. The van der Waals surface area contributed by atoms with Crippen LogP contribution in [0.25, 0.3) is 0 Å². The van der Waals surface area contributed by atoms with Gasteiger partial charge in [0.25, 0.3) is 5.91 Å². The second-order valence-corrected chi connectivity index (χ2v) is 6.53. The summed E-state index contributed by atoms with van der Waals surface area (Å²) in [6.07, 6.45) is 1.75. The van der Waals surface area contributed by atoms with E-state index in [1.807, 2.05) is 39.0 Å². The van der Waals surface area contributed by atoms with Gasteiger partial charge in [-0.25, -0.2) is 0 Å². The fraction of sp³-hybridized carbons (Fsp3) is 0.364. The lowest BCUT2D eigenvalue weighted by Gasteiger charge is -2.10. The van der Waals surface area contributed by atoms with Crippen molar-refractivity contribution in [2.75, 3.05) is 13.2 Å². The third kappa shape index (κ3) is 6.95. The lowest BCUT2D eigenvalue weighted by Crippen LogP contribution is -2.41. The molecule has 0 aliphatic heterocycles. The molecule has 0 heterocycles. The maximum absolute atomic E-state index is 12.0. The Hall–Kier alpha value is -3.02. The van der Waals surface area contributed by atoms with Crippen molar-refractivity contribution in [2.24, 2.45) is 0 Å². The molecule has 0 aliphatic carbocycles. The minimum Gasteiger partial charge on any atom is -0.494 e. The molecule has 0 atom stereocenters. The molecule has 0 saturated heterocycles. The molecular weight excluding hydrogens is 356 g/mol. The Bertz CT molecular complexity index is 788. The molecule has 0 unspecified atom stereocenters. The highest BCUT2D eigenvalue weighted by atomic mass is 16.5. The molecule has 2 aromatic carbocycles. The van der Waals surface area contributed by atoms with Gasteiger partial charge in [0.15, 0.2) is 0 Å². The number of benzene rings is 2. The molecule has 150 valence electrons. The maximum Gasteiger partial charge on any atom is 0.269 e. The number of carbonyl (C=O) groups excluding carboxylic acids is 2. The van der Waals surface area contributed by atoms with Crippen molar-refractivity contribution in [3.05, 3.63) is 59.2 Å². The molecule has 6 nitrogen and oxygen atoms in total. The van der Waals surface area contributed by atoms with Crippen LogP contribution in [0, 0.1) is 13.8 Å². The van der Waals surface area contributed by atoms with Gasteiger partial charge in [-0.3, -0.25) is 20.4 Å². The summed E-state index contributed by atoms with van der Waals surface area (Å²) < 4.78 is 11.1. The van der Waals surface area contributed by atoms with Crippen LogP contribution >= 0.6 is 0 Å². The first-order valence-electron chi connectivity index (χ1n) is 9.51. The number of hydrazine groups is 1. The van der Waals surface area contributed by atoms with Gasteiger partial charge in [-0.05, 0) is 75.1 Å². The highest BCUT2D eigenvalue weighted by Gasteiger charge is 2.08. The molecule has 0 radical (unpaired) electrons. The monoisotopic (exact) mass is 384 g/mol. The minimum atomic E-state index is -0.366. The van der Waals surface area contributed by atoms with Gasteiger partial charge in [0.2, 0.25) is 5.91 Å². The fourth-order valence-electron chi connectivity index (χ4n) is 2.56. The molecule has 0 aromatic heterocycles. The third-order valence-corrected chi connectivity index (χ3v) is 4.14. The van der Waals surface area contributed by atoms with Crippen LogP contribution in [0.2, 0.25) is 0 Å². The van der Waals surface area contributed by atoms with Gasteiger partial charge in [0.1, 0.15) is 11.5 Å². The number of carbonyl (C=O) groups is 2. The maximum atomic E-state index is 12.0. The first kappa shape index (κ1) is 21.3. The summed E-state index contributed by atoms with van der Waals surface area (Å²) in [7, 11) is 0. The third-order valence-electron chi connectivity index (χ3n) is 4.14. The van der Waals surface area contributed by atoms with Crippen LogP contribution in [0.3, 0.4) is 0 Å². The Morgan fingerprint density at radius 3 is 2.39 bits per heavy atom. The average Bonchev–Trinajstić information content (AvgIpc) is 2.69. The molecule has 28 heavy (non-hydrogen) atoms. The summed E-state index contributed by atoms with van der Waals surface area (Å²) in [5, 5.41) is 0. The highest BCUT2D eigenvalue weighted by molar-refractivity contribution is 5.95. The van der Waals surface area contributed by atoms with Gasteiger partial charge in [-0.15, -0.1) is 0 Å². The molecular formula is C22H28N2O4. The first-order valence-corrected chi connectivity index (χ1v) is 9.51. The summed E-state index contributed by atoms with van der Waals surface area (Å²) in [5.74, 6) is 0.985. The summed E-state index contributed by atoms with van der Waals surface area (Å²) in [4.78, 5) is 23.9. The topological polar surface area (TPSA) is 76.7 Å². The lowest BCUT2D eigenvalue weighted by atomic mass is 10.1. The molecule has 0 saturated carbocycles. The van der Waals surface area contributed by atoms with E-state index in [0.717, 1.165) is 23.3 Å². The molecule has 2 amide bonds. The quantitative estimate of drug-likeness (QED) is 0.510. The Labute approximate surface area is 166 Å². The standard InChI is InChI=1S/C22H28N2O4/c1-4-27-19-12-10-18(11-13-19)22(26)24-23-21(25)7-5-6-14-28-20-15-16(2)8-9-17(20)3/h8-13,15H,4-7,14H2,1-3H3,(H,23,25)(H,24,26). The van der Waals surface area contributed by atoms with Crippen LogP contribution in [-0.2, 0) is 4.79 Å². The number of nitrogens with one attached hydrogen (secondary N) is 2. The molecule has 0 fully saturated rings. The van der Waals surface area contributed by atoms with E-state index in [1.54, 1.807) is 24.3 Å². The SMILES string of the molecule is CCOc1ccc(C(=O)NNC(=O)CCCCOc2cc(C)ccc2C)cc1. The van der Waals surface area contributed by atoms with E-state index in [2.05, 4.69) is 10.9 Å². The van der Waals surface area contributed by atoms with E-state index < -0.39 is 0 Å². The van der Waals surface area contributed by atoms with Crippen molar-refractivity contribution in [3.8, 4) is 11.5 Å². The first-order chi connectivity index (χ1) is 13.5. The van der Waals surface area contributed by atoms with Crippen LogP contribution in [0.15, 0.2) is 42.5 Å². The van der Waals surface area contributed by atoms with Crippen LogP contribution in [-0.4, -0.2) is 25.0 Å². The van der Waals surface area contributed by atoms with Crippen LogP contribution in [0.1, 0.15) is 47.7 Å². The number of amides is 2. The smallest absolute Gasteiger partial charge is 0.269 e. The summed E-state index contributed by atoms with van der Waals surface area (Å²) >= 11 is 0. The van der Waals surface area contributed by atoms with Gasteiger partial charge >= 0.3 is 0 Å². The fourth-order valence-corrected chi connectivity index (χ4v) is 2.56. The average molecular weight is 384 g/mol. The zero-order valence-electron chi connectivity index (χ0n) is 16.7. The molecule has 0 spiro atoms. The predicted molar refractivity (Wildman–Crippen MR) is 108 cm³/mol. The molecule has 2 rings (SSSR count). The predicted octanol–water partition coefficient (Wildman–Crippen LogP) is 3.71. The van der Waals surface area contributed by atoms with E-state index in [-0.39, 0.29) is 11.8 Å². The Balaban J connectivity index is 1.63. The van der Waals surface area contributed by atoms with Gasteiger partial charge in [-0.2, -0.15) is 0 Å². The van der Waals surface area contributed by atoms with Gasteiger partial charge in [0, 0.05) is 12.0 Å². The largest absolute Gasteiger partial charge is 0.494 e. The van der Waals surface area contributed by atoms with Gasteiger partial charge in [-0.1, -0.05) is 12.1 Å². The number of hydrogen-bond acceptors (Lipinski definition) is 4. The van der Waals surface area contributed by atoms with Crippen molar-refractivity contribution >= 4 is 11.8 Å². The number of unbranched alkanes of at least 4 members (excludes halogenated alkanes) is 1. The summed E-state index contributed by atoms with van der Waals surface area (Å²) in [6, 6.07) is 12.8. The zero-order valence-corrected chi connectivity index (χ0v) is 16.7. The number of ether oxygens (including phenoxy) is 2. The van der Waals surface area contributed by atoms with Crippen molar-refractivity contribution in [1.82, 2.24) is 10.9 Å². The van der Waals surface area contributed by atoms with Crippen molar-refractivity contribution < 1.29 is 19.1 Å². The molecule has 2 aromatic rings. The Morgan fingerprint density at radius 2 is 1.68 bits per heavy atom. The highest BCUT2D eigenvalue weighted by Crippen LogP contribution is 2.19. The van der Waals surface area contributed by atoms with Gasteiger partial charge in [0.05, 0.1) is 13.2 Å². The molecule has 0 bridgehead atoms. The van der Waals surface area contributed by atoms with Crippen molar-refractivity contribution in [1.29, 1.82) is 0 Å². The van der Waals surface area contributed by atoms with Gasteiger partial charge < -0.3 is 9.47 Å².